The Kier molecular flexibility index (Phi) is 7.79. The van der Waals surface area contributed by atoms with E-state index < -0.39 is 27.3 Å². The molecule has 0 bridgehead atoms. The molecule has 32 heavy (non-hydrogen) atoms. The minimum atomic E-state index is -2.82. The van der Waals surface area contributed by atoms with Crippen molar-refractivity contribution < 1.29 is 24.0 Å². The molecule has 178 valence electrons. The largest absolute Gasteiger partial charge is 0.480 e. The normalized spacial score (nSPS) is 20.6. The van der Waals surface area contributed by atoms with Gasteiger partial charge in [0, 0.05) is 47.0 Å². The van der Waals surface area contributed by atoms with Crippen molar-refractivity contribution in [3.05, 3.63) is 29.1 Å². The lowest BCUT2D eigenvalue weighted by atomic mass is 9.85. The van der Waals surface area contributed by atoms with E-state index in [9.17, 15) is 24.0 Å². The van der Waals surface area contributed by atoms with Gasteiger partial charge in [0.1, 0.15) is 6.04 Å². The first-order chi connectivity index (χ1) is 15.1. The van der Waals surface area contributed by atoms with Gasteiger partial charge in [0.05, 0.1) is 5.60 Å². The van der Waals surface area contributed by atoms with Crippen molar-refractivity contribution in [2.24, 2.45) is 0 Å². The molecule has 1 aliphatic carbocycles. The summed E-state index contributed by atoms with van der Waals surface area (Å²) in [6.45, 7) is 0.932. The van der Waals surface area contributed by atoms with Crippen LogP contribution >= 0.6 is 0 Å². The number of aliphatic hydroxyl groups is 1. The summed E-state index contributed by atoms with van der Waals surface area (Å²) in [4.78, 5) is 30.4. The third-order valence-corrected chi connectivity index (χ3v) is 6.92. The van der Waals surface area contributed by atoms with Crippen molar-refractivity contribution in [3.8, 4) is 0 Å². The fourth-order valence-corrected chi connectivity index (χ4v) is 5.19. The van der Waals surface area contributed by atoms with E-state index in [1.807, 2.05) is 0 Å². The molecule has 10 heteroatoms. The molecule has 2 atom stereocenters. The van der Waals surface area contributed by atoms with Crippen LogP contribution in [-0.4, -0.2) is 79.7 Å². The molecule has 1 aromatic heterocycles. The Bertz CT molecular complexity index is 942. The highest BCUT2D eigenvalue weighted by Gasteiger charge is 2.45. The number of hydrogen-bond donors (Lipinski definition) is 4. The number of piperidine rings is 1. The van der Waals surface area contributed by atoms with Gasteiger partial charge in [0.2, 0.25) is 0 Å². The molecule has 9 nitrogen and oxygen atoms in total. The molecule has 2 heterocycles. The Labute approximate surface area is 189 Å². The molecule has 0 radical (unpaired) electrons. The number of likely N-dealkylation sites (tertiary alicyclic amines) is 1. The fourth-order valence-electron chi connectivity index (χ4n) is 4.37. The van der Waals surface area contributed by atoms with Crippen molar-refractivity contribution in [3.63, 3.8) is 0 Å². The monoisotopic (exact) mass is 466 g/mol. The SMILES string of the molecule is C=S(C)(=O)NC(C(=O)O)C1(O)CCN(C(=O)NCCCc2ccc3c(n2)CCCC3)CC1. The van der Waals surface area contributed by atoms with Gasteiger partial charge in [-0.2, -0.15) is 0 Å². The lowest BCUT2D eigenvalue weighted by molar-refractivity contribution is -0.148. The van der Waals surface area contributed by atoms with Crippen LogP contribution in [0, 0.1) is 0 Å². The highest BCUT2D eigenvalue weighted by atomic mass is 32.2. The number of rotatable bonds is 8. The van der Waals surface area contributed by atoms with E-state index in [0.717, 1.165) is 31.4 Å². The Balaban J connectivity index is 1.44. The van der Waals surface area contributed by atoms with E-state index >= 15 is 0 Å². The number of carbonyl (C=O) groups excluding carboxylic acids is 1. The maximum absolute atomic E-state index is 12.5. The summed E-state index contributed by atoms with van der Waals surface area (Å²) >= 11 is 0. The van der Waals surface area contributed by atoms with Crippen molar-refractivity contribution >= 4 is 27.6 Å². The van der Waals surface area contributed by atoms with Crippen molar-refractivity contribution in [1.82, 2.24) is 19.9 Å². The van der Waals surface area contributed by atoms with Gasteiger partial charge in [-0.05, 0) is 68.9 Å². The minimum Gasteiger partial charge on any atom is -0.480 e. The van der Waals surface area contributed by atoms with Gasteiger partial charge in [0.25, 0.3) is 0 Å². The third kappa shape index (κ3) is 6.43. The number of carboxylic acids is 1. The highest BCUT2D eigenvalue weighted by Crippen LogP contribution is 2.27. The zero-order valence-electron chi connectivity index (χ0n) is 18.6. The summed E-state index contributed by atoms with van der Waals surface area (Å²) in [5.41, 5.74) is 2.02. The number of aromatic nitrogens is 1. The lowest BCUT2D eigenvalue weighted by Crippen LogP contribution is -2.61. The van der Waals surface area contributed by atoms with E-state index in [0.29, 0.717) is 6.54 Å². The maximum atomic E-state index is 12.5. The van der Waals surface area contributed by atoms with Crippen molar-refractivity contribution in [2.75, 3.05) is 25.9 Å². The number of aliphatic carboxylic acids is 1. The minimum absolute atomic E-state index is 0.0684. The summed E-state index contributed by atoms with van der Waals surface area (Å²) in [7, 11) is -2.82. The maximum Gasteiger partial charge on any atom is 0.324 e. The second-order valence-corrected chi connectivity index (χ2v) is 11.2. The standard InChI is InChI=1S/C22H34N4O5S/c1-32(2,31)25-19(20(27)28)22(30)11-14-26(15-12-22)21(29)23-13-5-7-17-10-9-16-6-3-4-8-18(16)24-17/h9-10,19,30H,1,3-8,11-15H2,2H3,(H,23,29)(H,25,31)(H,27,28). The molecule has 1 aromatic rings. The first-order valence-electron chi connectivity index (χ1n) is 11.1. The second kappa shape index (κ2) is 10.2. The van der Waals surface area contributed by atoms with E-state index in [1.54, 1.807) is 4.90 Å². The van der Waals surface area contributed by atoms with Gasteiger partial charge in [-0.1, -0.05) is 6.07 Å². The third-order valence-electron chi connectivity index (χ3n) is 6.19. The average molecular weight is 467 g/mol. The average Bonchev–Trinajstić information content (AvgIpc) is 2.74. The van der Waals surface area contributed by atoms with Gasteiger partial charge in [-0.15, -0.1) is 0 Å². The molecule has 1 saturated heterocycles. The molecule has 2 amide bonds. The Morgan fingerprint density at radius 2 is 1.97 bits per heavy atom. The summed E-state index contributed by atoms with van der Waals surface area (Å²) in [5, 5.41) is 23.2. The van der Waals surface area contributed by atoms with E-state index in [1.165, 1.54) is 30.4 Å². The van der Waals surface area contributed by atoms with Gasteiger partial charge in [-0.25, -0.2) is 9.52 Å². The van der Waals surface area contributed by atoms with Crippen molar-refractivity contribution in [1.29, 1.82) is 0 Å². The van der Waals surface area contributed by atoms with Crippen LogP contribution in [0.25, 0.3) is 0 Å². The number of hydrogen-bond acceptors (Lipinski definition) is 5. The number of carboxylic acid groups (broad SMARTS) is 1. The molecule has 1 aliphatic heterocycles. The van der Waals surface area contributed by atoms with Crippen LogP contribution < -0.4 is 10.0 Å². The second-order valence-electron chi connectivity index (χ2n) is 8.94. The molecule has 0 aromatic carbocycles. The molecule has 4 N–H and O–H groups in total. The smallest absolute Gasteiger partial charge is 0.324 e. The number of nitrogens with zero attached hydrogens (tertiary/aromatic N) is 2. The summed E-state index contributed by atoms with van der Waals surface area (Å²) in [5.74, 6) is 2.12. The summed E-state index contributed by atoms with van der Waals surface area (Å²) in [6, 6.07) is 2.60. The Hall–Kier alpha value is -2.17. The van der Waals surface area contributed by atoms with Crippen LogP contribution in [0.2, 0.25) is 0 Å². The van der Waals surface area contributed by atoms with Crippen LogP contribution in [0.15, 0.2) is 12.1 Å². The van der Waals surface area contributed by atoms with Gasteiger partial charge >= 0.3 is 12.0 Å². The number of urea groups is 1. The predicted molar refractivity (Wildman–Crippen MR) is 124 cm³/mol. The van der Waals surface area contributed by atoms with Crippen LogP contribution in [0.1, 0.15) is 49.1 Å². The van der Waals surface area contributed by atoms with Crippen LogP contribution in [0.5, 0.6) is 0 Å². The predicted octanol–water partition coefficient (Wildman–Crippen LogP) is 0.734. The Morgan fingerprint density at radius 3 is 2.62 bits per heavy atom. The van der Waals surface area contributed by atoms with Gasteiger partial charge in [-0.3, -0.25) is 14.0 Å². The topological polar surface area (TPSA) is 132 Å². The number of amides is 2. The zero-order chi connectivity index (χ0) is 23.4. The van der Waals surface area contributed by atoms with E-state index in [-0.39, 0.29) is 32.0 Å². The van der Waals surface area contributed by atoms with E-state index in [4.69, 9.17) is 4.98 Å². The van der Waals surface area contributed by atoms with Crippen LogP contribution in [0.3, 0.4) is 0 Å². The van der Waals surface area contributed by atoms with E-state index in [2.05, 4.69) is 28.0 Å². The number of nitrogens with one attached hydrogen (secondary N) is 2. The molecule has 0 spiro atoms. The molecular formula is C22H34N4O5S. The molecular weight excluding hydrogens is 432 g/mol. The van der Waals surface area contributed by atoms with Crippen LogP contribution in [0.4, 0.5) is 4.79 Å². The summed E-state index contributed by atoms with van der Waals surface area (Å²) < 4.78 is 14.3. The fraction of sp³-hybridized carbons (Fsp3) is 0.636. The lowest BCUT2D eigenvalue weighted by Gasteiger charge is -2.41. The first kappa shape index (κ1) is 24.5. The number of fused-ring (bicyclic) bond motifs is 1. The highest BCUT2D eigenvalue weighted by molar-refractivity contribution is 7.97. The molecule has 0 saturated carbocycles. The zero-order valence-corrected chi connectivity index (χ0v) is 19.5. The van der Waals surface area contributed by atoms with Gasteiger partial charge < -0.3 is 20.4 Å². The number of pyridine rings is 1. The van der Waals surface area contributed by atoms with Crippen molar-refractivity contribution in [2.45, 2.75) is 63.0 Å². The molecule has 1 fully saturated rings. The number of carbonyl (C=O) groups is 2. The number of aryl methyl sites for hydroxylation is 3. The molecule has 3 rings (SSSR count). The summed E-state index contributed by atoms with van der Waals surface area (Å²) in [6.07, 6.45) is 7.57. The Morgan fingerprint density at radius 1 is 1.28 bits per heavy atom. The van der Waals surface area contributed by atoms with Gasteiger partial charge in [0.15, 0.2) is 0 Å². The molecule has 2 unspecified atom stereocenters. The molecule has 2 aliphatic rings. The first-order valence-corrected chi connectivity index (χ1v) is 13.3. The van der Waals surface area contributed by atoms with Crippen LogP contribution in [-0.2, 0) is 33.8 Å². The quantitative estimate of drug-likeness (QED) is 0.330.